The van der Waals surface area contributed by atoms with Crippen LogP contribution in [0.25, 0.3) is 0 Å². The van der Waals surface area contributed by atoms with Gasteiger partial charge >= 0.3 is 0 Å². The maximum absolute atomic E-state index is 11.1. The van der Waals surface area contributed by atoms with Crippen molar-refractivity contribution in [1.82, 2.24) is 0 Å². The highest BCUT2D eigenvalue weighted by Gasteiger charge is 2.10. The molecular weight excluding hydrogens is 196 g/mol. The molecule has 0 fully saturated rings. The van der Waals surface area contributed by atoms with Crippen molar-refractivity contribution < 1.29 is 13.5 Å². The molecule has 0 spiro atoms. The molecule has 5 heteroatoms. The van der Waals surface area contributed by atoms with Crippen molar-refractivity contribution in [2.24, 2.45) is 0 Å². The summed E-state index contributed by atoms with van der Waals surface area (Å²) < 4.78 is 25.0. The molecule has 0 aromatic heterocycles. The van der Waals surface area contributed by atoms with E-state index >= 15 is 0 Å². The molecule has 1 rings (SSSR count). The minimum atomic E-state index is -3.34. The SMILES string of the molecule is COc1ccccc1S(=O)(O)=S. The first-order valence-corrected chi connectivity index (χ1v) is 5.60. The van der Waals surface area contributed by atoms with Crippen LogP contribution in [0.1, 0.15) is 0 Å². The molecule has 0 aliphatic carbocycles. The second-order valence-corrected chi connectivity index (χ2v) is 4.87. The minimum Gasteiger partial charge on any atom is -0.495 e. The molecule has 0 bridgehead atoms. The van der Waals surface area contributed by atoms with Crippen LogP contribution in [0.15, 0.2) is 29.2 Å². The van der Waals surface area contributed by atoms with Crippen LogP contribution in [0.5, 0.6) is 5.75 Å². The Balaban J connectivity index is 3.33. The molecule has 0 amide bonds. The van der Waals surface area contributed by atoms with E-state index < -0.39 is 8.77 Å². The highest BCUT2D eigenvalue weighted by molar-refractivity contribution is 8.29. The van der Waals surface area contributed by atoms with Gasteiger partial charge in [-0.1, -0.05) is 12.1 Å². The summed E-state index contributed by atoms with van der Waals surface area (Å²) >= 11 is 4.41. The first kappa shape index (κ1) is 9.44. The number of ether oxygens (including phenoxy) is 1. The average Bonchev–Trinajstić information content (AvgIpc) is 2.03. The number of hydrogen-bond acceptors (Lipinski definition) is 3. The molecule has 0 saturated heterocycles. The Morgan fingerprint density at radius 1 is 1.50 bits per heavy atom. The van der Waals surface area contributed by atoms with E-state index in [-0.39, 0.29) is 4.90 Å². The fourth-order valence-electron chi connectivity index (χ4n) is 0.832. The summed E-state index contributed by atoms with van der Waals surface area (Å²) in [7, 11) is -1.91. The van der Waals surface area contributed by atoms with Crippen molar-refractivity contribution >= 4 is 20.0 Å². The zero-order chi connectivity index (χ0) is 9.19. The smallest absolute Gasteiger partial charge is 0.174 e. The molecular formula is C7H8O3S2. The fraction of sp³-hybridized carbons (Fsp3) is 0.143. The van der Waals surface area contributed by atoms with Gasteiger partial charge in [0.05, 0.1) is 7.11 Å². The molecule has 1 atom stereocenters. The molecule has 0 saturated carbocycles. The van der Waals surface area contributed by atoms with Gasteiger partial charge in [0.2, 0.25) is 0 Å². The van der Waals surface area contributed by atoms with Gasteiger partial charge in [-0.25, -0.2) is 4.21 Å². The zero-order valence-corrected chi connectivity index (χ0v) is 8.02. The monoisotopic (exact) mass is 204 g/mol. The van der Waals surface area contributed by atoms with Gasteiger partial charge < -0.3 is 9.29 Å². The Morgan fingerprint density at radius 3 is 2.50 bits per heavy atom. The van der Waals surface area contributed by atoms with Crippen molar-refractivity contribution in [3.63, 3.8) is 0 Å². The lowest BCUT2D eigenvalue weighted by Gasteiger charge is -2.05. The standard InChI is InChI=1S/C7H8O3S2/c1-10-6-4-2-3-5-7(6)12(8,9)11/h2-5H,1H3,(H,8,9,11). The van der Waals surface area contributed by atoms with Crippen molar-refractivity contribution in [1.29, 1.82) is 0 Å². The molecule has 1 N–H and O–H groups in total. The van der Waals surface area contributed by atoms with Crippen molar-refractivity contribution in [2.45, 2.75) is 4.90 Å². The quantitative estimate of drug-likeness (QED) is 0.788. The summed E-state index contributed by atoms with van der Waals surface area (Å²) in [5.74, 6) is 0.347. The number of para-hydroxylation sites is 1. The maximum atomic E-state index is 11.1. The molecule has 0 heterocycles. The largest absolute Gasteiger partial charge is 0.495 e. The molecule has 66 valence electrons. The van der Waals surface area contributed by atoms with E-state index in [4.69, 9.17) is 9.29 Å². The van der Waals surface area contributed by atoms with Crippen LogP contribution in [-0.4, -0.2) is 15.9 Å². The van der Waals surface area contributed by atoms with E-state index in [1.807, 2.05) is 0 Å². The molecule has 12 heavy (non-hydrogen) atoms. The average molecular weight is 204 g/mol. The van der Waals surface area contributed by atoms with Crippen LogP contribution in [-0.2, 0) is 20.0 Å². The van der Waals surface area contributed by atoms with Gasteiger partial charge in [0.15, 0.2) is 8.77 Å². The van der Waals surface area contributed by atoms with E-state index in [0.29, 0.717) is 5.75 Å². The van der Waals surface area contributed by atoms with Gasteiger partial charge in [0, 0.05) is 11.2 Å². The second kappa shape index (κ2) is 3.38. The minimum absolute atomic E-state index is 0.155. The van der Waals surface area contributed by atoms with Crippen LogP contribution < -0.4 is 4.74 Å². The van der Waals surface area contributed by atoms with E-state index in [1.165, 1.54) is 13.2 Å². The van der Waals surface area contributed by atoms with Gasteiger partial charge in [-0.2, -0.15) is 0 Å². The van der Waals surface area contributed by atoms with Crippen molar-refractivity contribution in [3.8, 4) is 5.75 Å². The normalized spacial score (nSPS) is 15.2. The third-order valence-corrected chi connectivity index (χ3v) is 2.78. The zero-order valence-electron chi connectivity index (χ0n) is 6.39. The predicted octanol–water partition coefficient (Wildman–Crippen LogP) is 1.27. The lowest BCUT2D eigenvalue weighted by molar-refractivity contribution is 0.402. The Bertz CT molecular complexity index is 370. The lowest BCUT2D eigenvalue weighted by Crippen LogP contribution is -1.99. The number of rotatable bonds is 2. The van der Waals surface area contributed by atoms with E-state index in [0.717, 1.165) is 0 Å². The molecule has 1 aromatic rings. The van der Waals surface area contributed by atoms with Crippen molar-refractivity contribution in [2.75, 3.05) is 7.11 Å². The van der Waals surface area contributed by atoms with Crippen LogP contribution in [0.3, 0.4) is 0 Å². The van der Waals surface area contributed by atoms with E-state index in [2.05, 4.69) is 11.2 Å². The Hall–Kier alpha value is -0.650. The first-order valence-electron chi connectivity index (χ1n) is 3.16. The molecule has 1 unspecified atom stereocenters. The van der Waals surface area contributed by atoms with Gasteiger partial charge in [-0.05, 0) is 12.1 Å². The Kier molecular flexibility index (Phi) is 2.66. The topological polar surface area (TPSA) is 46.5 Å². The van der Waals surface area contributed by atoms with Gasteiger partial charge in [0.25, 0.3) is 0 Å². The summed E-state index contributed by atoms with van der Waals surface area (Å²) in [6.45, 7) is 0. The van der Waals surface area contributed by atoms with Crippen LogP contribution >= 0.6 is 0 Å². The number of hydrogen-bond donors (Lipinski definition) is 1. The summed E-state index contributed by atoms with van der Waals surface area (Å²) in [4.78, 5) is 0.155. The molecule has 1 aromatic carbocycles. The van der Waals surface area contributed by atoms with Gasteiger partial charge in [-0.3, -0.25) is 0 Å². The van der Waals surface area contributed by atoms with Crippen LogP contribution in [0.4, 0.5) is 0 Å². The van der Waals surface area contributed by atoms with Crippen LogP contribution in [0.2, 0.25) is 0 Å². The van der Waals surface area contributed by atoms with Crippen LogP contribution in [0, 0.1) is 0 Å². The number of methoxy groups -OCH3 is 1. The van der Waals surface area contributed by atoms with E-state index in [9.17, 15) is 4.21 Å². The third-order valence-electron chi connectivity index (χ3n) is 1.35. The molecule has 0 aliphatic rings. The highest BCUT2D eigenvalue weighted by atomic mass is 32.8. The second-order valence-electron chi connectivity index (χ2n) is 2.13. The molecule has 0 aliphatic heterocycles. The number of benzene rings is 1. The first-order chi connectivity index (χ1) is 5.55. The van der Waals surface area contributed by atoms with E-state index in [1.54, 1.807) is 18.2 Å². The maximum Gasteiger partial charge on any atom is 0.174 e. The van der Waals surface area contributed by atoms with Crippen molar-refractivity contribution in [3.05, 3.63) is 24.3 Å². The summed E-state index contributed by atoms with van der Waals surface area (Å²) in [5, 5.41) is 0. The fourth-order valence-corrected chi connectivity index (χ4v) is 1.90. The Morgan fingerprint density at radius 2 is 2.08 bits per heavy atom. The van der Waals surface area contributed by atoms with Gasteiger partial charge in [0.1, 0.15) is 10.6 Å². The summed E-state index contributed by atoms with van der Waals surface area (Å²) in [6, 6.07) is 6.43. The lowest BCUT2D eigenvalue weighted by atomic mass is 10.3. The predicted molar refractivity (Wildman–Crippen MR) is 49.4 cm³/mol. The highest BCUT2D eigenvalue weighted by Crippen LogP contribution is 2.22. The molecule has 0 radical (unpaired) electrons. The summed E-state index contributed by atoms with van der Waals surface area (Å²) in [6.07, 6.45) is 0. The summed E-state index contributed by atoms with van der Waals surface area (Å²) in [5.41, 5.74) is 0. The molecule has 3 nitrogen and oxygen atoms in total. The van der Waals surface area contributed by atoms with Gasteiger partial charge in [-0.15, -0.1) is 0 Å². The third kappa shape index (κ3) is 1.94. The Labute approximate surface area is 75.9 Å².